The molecule has 0 aromatic heterocycles. The van der Waals surface area contributed by atoms with Gasteiger partial charge in [0.25, 0.3) is 0 Å². The predicted molar refractivity (Wildman–Crippen MR) is 55.3 cm³/mol. The van der Waals surface area contributed by atoms with Crippen molar-refractivity contribution < 1.29 is 0 Å². The summed E-state index contributed by atoms with van der Waals surface area (Å²) in [6.45, 7) is 4.70. The van der Waals surface area contributed by atoms with Gasteiger partial charge in [-0.25, -0.2) is 0 Å². The molecule has 72 valence electrons. The molecule has 1 atom stereocenters. The maximum Gasteiger partial charge on any atom is -0.0414 e. The summed E-state index contributed by atoms with van der Waals surface area (Å²) in [5.74, 6) is 2.06. The van der Waals surface area contributed by atoms with Crippen LogP contribution in [0.15, 0.2) is 0 Å². The summed E-state index contributed by atoms with van der Waals surface area (Å²) in [4.78, 5) is 0. The van der Waals surface area contributed by atoms with E-state index in [1.54, 1.807) is 0 Å². The second-order valence-electron chi connectivity index (χ2n) is 4.59. The van der Waals surface area contributed by atoms with Gasteiger partial charge in [0.1, 0.15) is 0 Å². The molecule has 1 saturated carbocycles. The summed E-state index contributed by atoms with van der Waals surface area (Å²) in [5, 5.41) is 0. The summed E-state index contributed by atoms with van der Waals surface area (Å²) in [5.41, 5.74) is 0. The molecule has 0 heterocycles. The molecule has 0 aromatic rings. The SMILES string of the molecule is CCC(C)CCC1CCCCC1. The Morgan fingerprint density at radius 1 is 1.17 bits per heavy atom. The van der Waals surface area contributed by atoms with Crippen LogP contribution >= 0.6 is 0 Å². The van der Waals surface area contributed by atoms with Crippen molar-refractivity contribution in [2.45, 2.75) is 65.2 Å². The van der Waals surface area contributed by atoms with Crippen molar-refractivity contribution in [1.29, 1.82) is 0 Å². The Kier molecular flexibility index (Phi) is 4.72. The molecule has 1 aliphatic carbocycles. The van der Waals surface area contributed by atoms with E-state index >= 15 is 0 Å². The fourth-order valence-corrected chi connectivity index (χ4v) is 2.20. The van der Waals surface area contributed by atoms with Crippen molar-refractivity contribution in [3.05, 3.63) is 0 Å². The molecule has 0 spiro atoms. The van der Waals surface area contributed by atoms with E-state index in [0.717, 1.165) is 11.8 Å². The normalized spacial score (nSPS) is 22.5. The molecule has 0 aromatic carbocycles. The zero-order valence-electron chi connectivity index (χ0n) is 8.81. The quantitative estimate of drug-likeness (QED) is 0.584. The van der Waals surface area contributed by atoms with Gasteiger partial charge in [-0.2, -0.15) is 0 Å². The molecule has 0 N–H and O–H groups in total. The highest BCUT2D eigenvalue weighted by Gasteiger charge is 2.13. The van der Waals surface area contributed by atoms with Crippen molar-refractivity contribution in [2.75, 3.05) is 0 Å². The van der Waals surface area contributed by atoms with Crippen molar-refractivity contribution in [2.24, 2.45) is 11.8 Å². The number of rotatable bonds is 4. The van der Waals surface area contributed by atoms with Crippen LogP contribution in [0.1, 0.15) is 65.2 Å². The maximum absolute atomic E-state index is 2.39. The van der Waals surface area contributed by atoms with E-state index in [0.29, 0.717) is 0 Å². The van der Waals surface area contributed by atoms with Crippen LogP contribution in [0.25, 0.3) is 0 Å². The van der Waals surface area contributed by atoms with E-state index in [4.69, 9.17) is 0 Å². The topological polar surface area (TPSA) is 0 Å². The Labute approximate surface area is 77.7 Å². The summed E-state index contributed by atoms with van der Waals surface area (Å²) in [6, 6.07) is 0. The van der Waals surface area contributed by atoms with Gasteiger partial charge in [0.15, 0.2) is 0 Å². The van der Waals surface area contributed by atoms with Crippen LogP contribution in [0.4, 0.5) is 0 Å². The summed E-state index contributed by atoms with van der Waals surface area (Å²) < 4.78 is 0. The molecule has 0 radical (unpaired) electrons. The van der Waals surface area contributed by atoms with Crippen LogP contribution in [0.5, 0.6) is 0 Å². The van der Waals surface area contributed by atoms with Gasteiger partial charge in [0.05, 0.1) is 0 Å². The van der Waals surface area contributed by atoms with Crippen LogP contribution in [0.2, 0.25) is 0 Å². The number of hydrogen-bond donors (Lipinski definition) is 0. The average molecular weight is 168 g/mol. The first kappa shape index (κ1) is 10.1. The summed E-state index contributed by atoms with van der Waals surface area (Å²) in [7, 11) is 0. The van der Waals surface area contributed by atoms with Crippen molar-refractivity contribution in [1.82, 2.24) is 0 Å². The minimum absolute atomic E-state index is 0.965. The molecule has 0 nitrogen and oxygen atoms in total. The standard InChI is InChI=1S/C12H24/c1-3-11(2)9-10-12-7-5-4-6-8-12/h11-12H,3-10H2,1-2H3. The Hall–Kier alpha value is 0. The van der Waals surface area contributed by atoms with Gasteiger partial charge in [0, 0.05) is 0 Å². The smallest absolute Gasteiger partial charge is 0.0414 e. The second-order valence-corrected chi connectivity index (χ2v) is 4.59. The lowest BCUT2D eigenvalue weighted by Gasteiger charge is -2.22. The van der Waals surface area contributed by atoms with Gasteiger partial charge in [-0.3, -0.25) is 0 Å². The fraction of sp³-hybridized carbons (Fsp3) is 1.00. The van der Waals surface area contributed by atoms with Gasteiger partial charge in [-0.05, 0) is 11.8 Å². The Balaban J connectivity index is 2.05. The lowest BCUT2D eigenvalue weighted by Crippen LogP contribution is -2.07. The van der Waals surface area contributed by atoms with Crippen LogP contribution < -0.4 is 0 Å². The zero-order valence-corrected chi connectivity index (χ0v) is 8.81. The minimum atomic E-state index is 0.965. The monoisotopic (exact) mass is 168 g/mol. The first-order valence-electron chi connectivity index (χ1n) is 5.83. The summed E-state index contributed by atoms with van der Waals surface area (Å²) >= 11 is 0. The predicted octanol–water partition coefficient (Wildman–Crippen LogP) is 4.39. The van der Waals surface area contributed by atoms with E-state index in [9.17, 15) is 0 Å². The third-order valence-corrected chi connectivity index (χ3v) is 3.49. The van der Waals surface area contributed by atoms with E-state index in [1.165, 1.54) is 51.4 Å². The largest absolute Gasteiger partial charge is 0.0651 e. The second kappa shape index (κ2) is 5.61. The Bertz CT molecular complexity index is 101. The van der Waals surface area contributed by atoms with Gasteiger partial charge < -0.3 is 0 Å². The van der Waals surface area contributed by atoms with Crippen molar-refractivity contribution in [3.8, 4) is 0 Å². The van der Waals surface area contributed by atoms with Crippen LogP contribution in [0, 0.1) is 11.8 Å². The van der Waals surface area contributed by atoms with Crippen LogP contribution in [-0.2, 0) is 0 Å². The van der Waals surface area contributed by atoms with E-state index < -0.39 is 0 Å². The van der Waals surface area contributed by atoms with Gasteiger partial charge in [-0.15, -0.1) is 0 Å². The summed E-state index contributed by atoms with van der Waals surface area (Å²) in [6.07, 6.45) is 11.9. The Morgan fingerprint density at radius 2 is 1.83 bits per heavy atom. The molecule has 1 unspecified atom stereocenters. The molecule has 1 rings (SSSR count). The van der Waals surface area contributed by atoms with Crippen LogP contribution in [0.3, 0.4) is 0 Å². The van der Waals surface area contributed by atoms with E-state index in [1.807, 2.05) is 0 Å². The van der Waals surface area contributed by atoms with Gasteiger partial charge >= 0.3 is 0 Å². The molecule has 1 aliphatic rings. The molecule has 1 fully saturated rings. The first-order valence-corrected chi connectivity index (χ1v) is 5.83. The zero-order chi connectivity index (χ0) is 8.81. The lowest BCUT2D eigenvalue weighted by molar-refractivity contribution is 0.311. The molecular weight excluding hydrogens is 144 g/mol. The highest BCUT2D eigenvalue weighted by Crippen LogP contribution is 2.28. The van der Waals surface area contributed by atoms with Crippen LogP contribution in [-0.4, -0.2) is 0 Å². The highest BCUT2D eigenvalue weighted by molar-refractivity contribution is 4.66. The van der Waals surface area contributed by atoms with Gasteiger partial charge in [-0.1, -0.05) is 65.2 Å². The molecule has 0 saturated heterocycles. The highest BCUT2D eigenvalue weighted by atomic mass is 14.2. The maximum atomic E-state index is 2.39. The molecular formula is C12H24. The molecule has 0 bridgehead atoms. The van der Waals surface area contributed by atoms with E-state index in [-0.39, 0.29) is 0 Å². The van der Waals surface area contributed by atoms with Gasteiger partial charge in [0.2, 0.25) is 0 Å². The molecule has 0 amide bonds. The van der Waals surface area contributed by atoms with Crippen molar-refractivity contribution in [3.63, 3.8) is 0 Å². The van der Waals surface area contributed by atoms with Crippen molar-refractivity contribution >= 4 is 0 Å². The average Bonchev–Trinajstić information content (AvgIpc) is 2.16. The minimum Gasteiger partial charge on any atom is -0.0651 e. The fourth-order valence-electron chi connectivity index (χ4n) is 2.20. The van der Waals surface area contributed by atoms with E-state index in [2.05, 4.69) is 13.8 Å². The molecule has 0 aliphatic heterocycles. The molecule has 12 heavy (non-hydrogen) atoms. The lowest BCUT2D eigenvalue weighted by atomic mass is 9.84. The third-order valence-electron chi connectivity index (χ3n) is 3.49. The Morgan fingerprint density at radius 3 is 2.42 bits per heavy atom. The third kappa shape index (κ3) is 3.60. The number of hydrogen-bond acceptors (Lipinski definition) is 0. The molecule has 0 heteroatoms. The first-order chi connectivity index (χ1) is 5.83.